The lowest BCUT2D eigenvalue weighted by molar-refractivity contribution is 1.08. The summed E-state index contributed by atoms with van der Waals surface area (Å²) in [6.45, 7) is 3.56. The zero-order chi connectivity index (χ0) is 9.10. The summed E-state index contributed by atoms with van der Waals surface area (Å²) >= 11 is 0. The second kappa shape index (κ2) is 3.26. The number of allylic oxidation sites excluding steroid dienone is 1. The van der Waals surface area contributed by atoms with E-state index >= 15 is 0 Å². The van der Waals surface area contributed by atoms with Gasteiger partial charge < -0.3 is 0 Å². The average molecular weight is 171 g/mol. The minimum Gasteiger partial charge on any atom is -0.250 e. The first-order chi connectivity index (χ1) is 6.40. The summed E-state index contributed by atoms with van der Waals surface area (Å²) < 4.78 is 0. The molecule has 0 aliphatic heterocycles. The fourth-order valence-corrected chi connectivity index (χ4v) is 0.969. The summed E-state index contributed by atoms with van der Waals surface area (Å²) in [5.74, 6) is 0.600. The fraction of sp³-hybridized carbons (Fsp3) is 0. The van der Waals surface area contributed by atoms with Crippen LogP contribution in [0.5, 0.6) is 0 Å². The third-order valence-corrected chi connectivity index (χ3v) is 1.51. The second-order valence-corrected chi connectivity index (χ2v) is 2.40. The molecule has 13 heavy (non-hydrogen) atoms. The zero-order valence-corrected chi connectivity index (χ0v) is 6.88. The average Bonchev–Trinajstić information content (AvgIpc) is 2.18. The van der Waals surface area contributed by atoms with E-state index in [1.54, 1.807) is 31.1 Å². The third-order valence-electron chi connectivity index (χ3n) is 1.51. The van der Waals surface area contributed by atoms with Gasteiger partial charge >= 0.3 is 0 Å². The topological polar surface area (TPSA) is 51.6 Å². The maximum absolute atomic E-state index is 4.15. The first-order valence-electron chi connectivity index (χ1n) is 3.79. The van der Waals surface area contributed by atoms with Crippen LogP contribution in [0.2, 0.25) is 0 Å². The molecule has 2 heterocycles. The Morgan fingerprint density at radius 1 is 1.15 bits per heavy atom. The van der Waals surface area contributed by atoms with Gasteiger partial charge in [-0.15, -0.1) is 6.58 Å². The Labute approximate surface area is 75.4 Å². The van der Waals surface area contributed by atoms with Crippen molar-refractivity contribution in [1.29, 1.82) is 0 Å². The highest BCUT2D eigenvalue weighted by Gasteiger charge is 1.98. The Morgan fingerprint density at radius 3 is 2.85 bits per heavy atom. The summed E-state index contributed by atoms with van der Waals surface area (Å²) in [5, 5.41) is 0. The van der Waals surface area contributed by atoms with Crippen molar-refractivity contribution in [2.75, 3.05) is 0 Å². The molecule has 0 spiro atoms. The van der Waals surface area contributed by atoms with Crippen LogP contribution in [0.1, 0.15) is 5.82 Å². The zero-order valence-electron chi connectivity index (χ0n) is 6.88. The molecule has 4 nitrogen and oxygen atoms in total. The van der Waals surface area contributed by atoms with Crippen molar-refractivity contribution in [3.63, 3.8) is 0 Å². The Morgan fingerprint density at radius 2 is 2.00 bits per heavy atom. The maximum Gasteiger partial charge on any atom is 0.181 e. The standard InChI is InChI=1S/C9H7N4/c1-2-3-8-12-6-7-9(13-8)11-5-4-10-7/h2-6H,1H2. The van der Waals surface area contributed by atoms with Gasteiger partial charge in [0, 0.05) is 12.4 Å². The Kier molecular flexibility index (Phi) is 1.96. The lowest BCUT2D eigenvalue weighted by atomic mass is 10.4. The first-order valence-corrected chi connectivity index (χ1v) is 3.79. The summed E-state index contributed by atoms with van der Waals surface area (Å²) in [7, 11) is 0. The van der Waals surface area contributed by atoms with Crippen LogP contribution in [-0.4, -0.2) is 19.9 Å². The van der Waals surface area contributed by atoms with E-state index in [9.17, 15) is 0 Å². The van der Waals surface area contributed by atoms with Gasteiger partial charge in [-0.05, 0) is 0 Å². The van der Waals surface area contributed by atoms with E-state index in [1.807, 2.05) is 0 Å². The Bertz CT molecular complexity index is 438. The van der Waals surface area contributed by atoms with E-state index in [4.69, 9.17) is 0 Å². The number of hydrogen-bond acceptors (Lipinski definition) is 4. The Balaban J connectivity index is 2.55. The quantitative estimate of drug-likeness (QED) is 0.680. The van der Waals surface area contributed by atoms with E-state index in [0.29, 0.717) is 17.0 Å². The van der Waals surface area contributed by atoms with E-state index < -0.39 is 0 Å². The van der Waals surface area contributed by atoms with Gasteiger partial charge in [0.15, 0.2) is 5.65 Å². The van der Waals surface area contributed by atoms with Crippen LogP contribution in [0.15, 0.2) is 31.2 Å². The van der Waals surface area contributed by atoms with Crippen LogP contribution in [0.25, 0.3) is 11.2 Å². The molecule has 2 aromatic rings. The largest absolute Gasteiger partial charge is 0.250 e. The van der Waals surface area contributed by atoms with Crippen molar-refractivity contribution in [1.82, 2.24) is 19.9 Å². The summed E-state index contributed by atoms with van der Waals surface area (Å²) in [6, 6.07) is 0. The summed E-state index contributed by atoms with van der Waals surface area (Å²) in [5.41, 5.74) is 1.30. The lowest BCUT2D eigenvalue weighted by Gasteiger charge is -1.96. The molecule has 0 unspecified atom stereocenters. The van der Waals surface area contributed by atoms with Crippen LogP contribution in [0.4, 0.5) is 0 Å². The van der Waals surface area contributed by atoms with Crippen LogP contribution in [0, 0.1) is 6.42 Å². The van der Waals surface area contributed by atoms with E-state index in [2.05, 4.69) is 26.5 Å². The SMILES string of the molecule is C=C[CH]c1ncc2nccnc2n1. The highest BCUT2D eigenvalue weighted by molar-refractivity contribution is 5.67. The number of aromatic nitrogens is 4. The number of fused-ring (bicyclic) bond motifs is 1. The molecule has 4 heteroatoms. The van der Waals surface area contributed by atoms with Gasteiger partial charge in [-0.1, -0.05) is 6.08 Å². The number of rotatable bonds is 2. The monoisotopic (exact) mass is 171 g/mol. The van der Waals surface area contributed by atoms with Crippen molar-refractivity contribution < 1.29 is 0 Å². The fourth-order valence-electron chi connectivity index (χ4n) is 0.969. The normalized spacial score (nSPS) is 10.2. The molecule has 63 valence electrons. The molecule has 0 aliphatic rings. The van der Waals surface area contributed by atoms with Crippen molar-refractivity contribution in [3.8, 4) is 0 Å². The van der Waals surface area contributed by atoms with E-state index in [0.717, 1.165) is 0 Å². The summed E-state index contributed by atoms with van der Waals surface area (Å²) in [4.78, 5) is 16.3. The van der Waals surface area contributed by atoms with Crippen molar-refractivity contribution in [3.05, 3.63) is 43.5 Å². The van der Waals surface area contributed by atoms with Crippen LogP contribution >= 0.6 is 0 Å². The molecular formula is C9H7N4. The molecule has 0 saturated heterocycles. The highest BCUT2D eigenvalue weighted by atomic mass is 15.0. The van der Waals surface area contributed by atoms with Gasteiger partial charge in [0.2, 0.25) is 0 Å². The highest BCUT2D eigenvalue weighted by Crippen LogP contribution is 2.04. The van der Waals surface area contributed by atoms with Crippen LogP contribution < -0.4 is 0 Å². The number of hydrogen-bond donors (Lipinski definition) is 0. The Hall–Kier alpha value is -1.84. The maximum atomic E-state index is 4.15. The van der Waals surface area contributed by atoms with Crippen molar-refractivity contribution >= 4 is 11.2 Å². The van der Waals surface area contributed by atoms with Gasteiger partial charge in [-0.25, -0.2) is 19.9 Å². The van der Waals surface area contributed by atoms with E-state index in [-0.39, 0.29) is 0 Å². The molecule has 0 bridgehead atoms. The van der Waals surface area contributed by atoms with Crippen LogP contribution in [-0.2, 0) is 0 Å². The van der Waals surface area contributed by atoms with Crippen molar-refractivity contribution in [2.45, 2.75) is 0 Å². The third kappa shape index (κ3) is 1.51. The molecule has 2 aromatic heterocycles. The second-order valence-electron chi connectivity index (χ2n) is 2.40. The van der Waals surface area contributed by atoms with E-state index in [1.165, 1.54) is 0 Å². The summed E-state index contributed by atoms with van der Waals surface area (Å²) in [6.07, 6.45) is 8.21. The predicted octanol–water partition coefficient (Wildman–Crippen LogP) is 1.16. The molecular weight excluding hydrogens is 164 g/mol. The van der Waals surface area contributed by atoms with Gasteiger partial charge in [0.25, 0.3) is 0 Å². The minimum absolute atomic E-state index is 0.600. The molecule has 2 rings (SSSR count). The molecule has 0 saturated carbocycles. The smallest absolute Gasteiger partial charge is 0.181 e. The van der Waals surface area contributed by atoms with Crippen LogP contribution in [0.3, 0.4) is 0 Å². The minimum atomic E-state index is 0.600. The lowest BCUT2D eigenvalue weighted by Crippen LogP contribution is -1.94. The molecule has 0 fully saturated rings. The van der Waals surface area contributed by atoms with Gasteiger partial charge in [-0.2, -0.15) is 0 Å². The first kappa shape index (κ1) is 7.79. The van der Waals surface area contributed by atoms with Crippen molar-refractivity contribution in [2.24, 2.45) is 0 Å². The molecule has 0 aliphatic carbocycles. The number of nitrogens with zero attached hydrogens (tertiary/aromatic N) is 4. The van der Waals surface area contributed by atoms with Gasteiger partial charge in [-0.3, -0.25) is 0 Å². The molecule has 0 aromatic carbocycles. The molecule has 1 radical (unpaired) electrons. The molecule has 0 N–H and O–H groups in total. The van der Waals surface area contributed by atoms with Gasteiger partial charge in [0.05, 0.1) is 12.6 Å². The van der Waals surface area contributed by atoms with Gasteiger partial charge in [0.1, 0.15) is 11.3 Å². The molecule has 0 amide bonds. The predicted molar refractivity (Wildman–Crippen MR) is 48.7 cm³/mol. The molecule has 0 atom stereocenters.